The molecule has 0 atom stereocenters. The standard InChI is InChI=1S/C8H9BrINO2S/c9-7-2-1-3-8(6-7)14(12,13)11-5-4-10/h1-3,6,11H,4-5H2. The zero-order valence-corrected chi connectivity index (χ0v) is 11.8. The molecule has 0 saturated carbocycles. The molecule has 6 heteroatoms. The molecular weight excluding hydrogens is 381 g/mol. The van der Waals surface area contributed by atoms with Gasteiger partial charge in [0.25, 0.3) is 0 Å². The van der Waals surface area contributed by atoms with Crippen LogP contribution in [0.5, 0.6) is 0 Å². The van der Waals surface area contributed by atoms with Crippen LogP contribution in [0.15, 0.2) is 33.6 Å². The molecule has 1 aromatic carbocycles. The normalized spacial score (nSPS) is 11.6. The van der Waals surface area contributed by atoms with Gasteiger partial charge in [0.1, 0.15) is 0 Å². The second kappa shape index (κ2) is 5.43. The van der Waals surface area contributed by atoms with E-state index in [9.17, 15) is 8.42 Å². The topological polar surface area (TPSA) is 46.2 Å². The highest BCUT2D eigenvalue weighted by Gasteiger charge is 2.12. The molecule has 0 saturated heterocycles. The second-order valence-corrected chi connectivity index (χ2v) is 6.31. The van der Waals surface area contributed by atoms with Crippen LogP contribution in [-0.2, 0) is 10.0 Å². The predicted molar refractivity (Wildman–Crippen MR) is 68.2 cm³/mol. The zero-order valence-electron chi connectivity index (χ0n) is 7.20. The fraction of sp³-hybridized carbons (Fsp3) is 0.250. The summed E-state index contributed by atoms with van der Waals surface area (Å²) >= 11 is 5.35. The molecule has 0 spiro atoms. The Bertz CT molecular complexity index is 408. The number of nitrogens with one attached hydrogen (secondary N) is 1. The van der Waals surface area contributed by atoms with Gasteiger partial charge in [0.2, 0.25) is 10.0 Å². The molecule has 0 heterocycles. The van der Waals surface area contributed by atoms with Gasteiger partial charge < -0.3 is 0 Å². The van der Waals surface area contributed by atoms with E-state index in [-0.39, 0.29) is 4.90 Å². The minimum Gasteiger partial charge on any atom is -0.210 e. The number of alkyl halides is 1. The Labute approximate surface area is 106 Å². The average molecular weight is 390 g/mol. The molecule has 0 aromatic heterocycles. The van der Waals surface area contributed by atoms with Gasteiger partial charge in [-0.1, -0.05) is 44.6 Å². The molecule has 1 N–H and O–H groups in total. The summed E-state index contributed by atoms with van der Waals surface area (Å²) in [5, 5.41) is 0. The van der Waals surface area contributed by atoms with Gasteiger partial charge in [0.15, 0.2) is 0 Å². The summed E-state index contributed by atoms with van der Waals surface area (Å²) in [5.41, 5.74) is 0. The largest absolute Gasteiger partial charge is 0.240 e. The predicted octanol–water partition coefficient (Wildman–Crippen LogP) is 2.16. The number of benzene rings is 1. The summed E-state index contributed by atoms with van der Waals surface area (Å²) in [6.07, 6.45) is 0. The van der Waals surface area contributed by atoms with E-state index in [0.717, 1.165) is 8.90 Å². The number of halogens is 2. The van der Waals surface area contributed by atoms with Gasteiger partial charge in [-0.2, -0.15) is 0 Å². The second-order valence-electron chi connectivity index (χ2n) is 2.54. The Balaban J connectivity index is 2.93. The SMILES string of the molecule is O=S(=O)(NCCI)c1cccc(Br)c1. The van der Waals surface area contributed by atoms with Crippen LogP contribution in [0, 0.1) is 0 Å². The number of hydrogen-bond donors (Lipinski definition) is 1. The molecule has 0 unspecified atom stereocenters. The van der Waals surface area contributed by atoms with Crippen LogP contribution < -0.4 is 4.72 Å². The van der Waals surface area contributed by atoms with Crippen molar-refractivity contribution in [1.82, 2.24) is 4.72 Å². The molecule has 0 bridgehead atoms. The molecule has 0 amide bonds. The fourth-order valence-electron chi connectivity index (χ4n) is 0.890. The molecule has 0 aliphatic rings. The molecule has 14 heavy (non-hydrogen) atoms. The smallest absolute Gasteiger partial charge is 0.210 e. The summed E-state index contributed by atoms with van der Waals surface area (Å²) in [6, 6.07) is 6.63. The Morgan fingerprint density at radius 3 is 2.71 bits per heavy atom. The van der Waals surface area contributed by atoms with Crippen molar-refractivity contribution >= 4 is 48.5 Å². The van der Waals surface area contributed by atoms with Crippen molar-refractivity contribution in [3.63, 3.8) is 0 Å². The van der Waals surface area contributed by atoms with Gasteiger partial charge in [0.05, 0.1) is 4.90 Å². The van der Waals surface area contributed by atoms with Crippen molar-refractivity contribution in [3.8, 4) is 0 Å². The number of rotatable bonds is 4. The quantitative estimate of drug-likeness (QED) is 0.633. The Kier molecular flexibility index (Phi) is 4.81. The minimum atomic E-state index is -3.33. The molecule has 3 nitrogen and oxygen atoms in total. The highest BCUT2D eigenvalue weighted by atomic mass is 127. The third-order valence-corrected chi connectivity index (χ3v) is 3.98. The van der Waals surface area contributed by atoms with E-state index in [4.69, 9.17) is 0 Å². The fourth-order valence-corrected chi connectivity index (χ4v) is 3.15. The lowest BCUT2D eigenvalue weighted by Crippen LogP contribution is -2.25. The van der Waals surface area contributed by atoms with Crippen molar-refractivity contribution in [3.05, 3.63) is 28.7 Å². The molecule has 0 aliphatic carbocycles. The van der Waals surface area contributed by atoms with E-state index in [1.54, 1.807) is 24.3 Å². The zero-order chi connectivity index (χ0) is 10.6. The van der Waals surface area contributed by atoms with Crippen LogP contribution in [0.1, 0.15) is 0 Å². The van der Waals surface area contributed by atoms with Crippen LogP contribution in [0.2, 0.25) is 0 Å². The lowest BCUT2D eigenvalue weighted by atomic mass is 10.4. The molecule has 1 aromatic rings. The van der Waals surface area contributed by atoms with Gasteiger partial charge in [-0.15, -0.1) is 0 Å². The average Bonchev–Trinajstić information content (AvgIpc) is 2.15. The van der Waals surface area contributed by atoms with Crippen LogP contribution in [0.3, 0.4) is 0 Å². The van der Waals surface area contributed by atoms with Crippen LogP contribution in [0.4, 0.5) is 0 Å². The summed E-state index contributed by atoms with van der Waals surface area (Å²) in [5.74, 6) is 0. The molecular formula is C8H9BrINO2S. The van der Waals surface area contributed by atoms with Gasteiger partial charge >= 0.3 is 0 Å². The van der Waals surface area contributed by atoms with Crippen molar-refractivity contribution in [2.24, 2.45) is 0 Å². The molecule has 0 aliphatic heterocycles. The van der Waals surface area contributed by atoms with Gasteiger partial charge in [0, 0.05) is 15.4 Å². The van der Waals surface area contributed by atoms with E-state index in [2.05, 4.69) is 43.2 Å². The highest BCUT2D eigenvalue weighted by Crippen LogP contribution is 2.15. The van der Waals surface area contributed by atoms with Crippen LogP contribution in [-0.4, -0.2) is 19.4 Å². The first-order valence-electron chi connectivity index (χ1n) is 3.87. The van der Waals surface area contributed by atoms with Crippen LogP contribution >= 0.6 is 38.5 Å². The Morgan fingerprint density at radius 2 is 2.14 bits per heavy atom. The first-order chi connectivity index (χ1) is 6.56. The Morgan fingerprint density at radius 1 is 1.43 bits per heavy atom. The first-order valence-corrected chi connectivity index (χ1v) is 7.67. The van der Waals surface area contributed by atoms with E-state index < -0.39 is 10.0 Å². The molecule has 0 fully saturated rings. The van der Waals surface area contributed by atoms with Gasteiger partial charge in [-0.25, -0.2) is 13.1 Å². The maximum absolute atomic E-state index is 11.6. The maximum Gasteiger partial charge on any atom is 0.240 e. The van der Waals surface area contributed by atoms with Crippen molar-refractivity contribution in [2.45, 2.75) is 4.90 Å². The van der Waals surface area contributed by atoms with E-state index in [1.807, 2.05) is 0 Å². The molecule has 0 radical (unpaired) electrons. The molecule has 78 valence electrons. The molecule has 1 rings (SSSR count). The summed E-state index contributed by atoms with van der Waals surface area (Å²) in [4.78, 5) is 0.289. The first kappa shape index (κ1) is 12.4. The van der Waals surface area contributed by atoms with Crippen molar-refractivity contribution in [2.75, 3.05) is 11.0 Å². The monoisotopic (exact) mass is 389 g/mol. The van der Waals surface area contributed by atoms with E-state index >= 15 is 0 Å². The third-order valence-electron chi connectivity index (χ3n) is 1.49. The number of sulfonamides is 1. The summed E-state index contributed by atoms with van der Waals surface area (Å²) in [7, 11) is -3.33. The van der Waals surface area contributed by atoms with E-state index in [1.165, 1.54) is 0 Å². The highest BCUT2D eigenvalue weighted by molar-refractivity contribution is 14.1. The lowest BCUT2D eigenvalue weighted by Gasteiger charge is -2.04. The maximum atomic E-state index is 11.6. The van der Waals surface area contributed by atoms with E-state index in [0.29, 0.717) is 6.54 Å². The Hall–Kier alpha value is 0.340. The van der Waals surface area contributed by atoms with Crippen molar-refractivity contribution in [1.29, 1.82) is 0 Å². The van der Waals surface area contributed by atoms with Crippen LogP contribution in [0.25, 0.3) is 0 Å². The number of hydrogen-bond acceptors (Lipinski definition) is 2. The summed E-state index contributed by atoms with van der Waals surface area (Å²) in [6.45, 7) is 0.454. The summed E-state index contributed by atoms with van der Waals surface area (Å²) < 4.78 is 27.2. The van der Waals surface area contributed by atoms with Crippen molar-refractivity contribution < 1.29 is 8.42 Å². The minimum absolute atomic E-state index is 0.289. The van der Waals surface area contributed by atoms with Gasteiger partial charge in [-0.05, 0) is 18.2 Å². The van der Waals surface area contributed by atoms with Gasteiger partial charge in [-0.3, -0.25) is 0 Å². The third kappa shape index (κ3) is 3.48. The lowest BCUT2D eigenvalue weighted by molar-refractivity contribution is 0.584.